The molecule has 1 amide bonds. The number of carbonyl (C=O) groups excluding carboxylic acids is 1. The SMILES string of the molecule is CC(C)C(Br)C(=O)NCC(C(C)C)N(C)C. The highest BCUT2D eigenvalue weighted by Crippen LogP contribution is 2.12. The molecule has 0 aliphatic carbocycles. The maximum Gasteiger partial charge on any atom is 0.234 e. The van der Waals surface area contributed by atoms with Crippen LogP contribution >= 0.6 is 15.9 Å². The molecule has 16 heavy (non-hydrogen) atoms. The topological polar surface area (TPSA) is 32.3 Å². The monoisotopic (exact) mass is 292 g/mol. The molecule has 0 rings (SSSR count). The molecule has 3 nitrogen and oxygen atoms in total. The van der Waals surface area contributed by atoms with Crippen LogP contribution in [0.5, 0.6) is 0 Å². The Kier molecular flexibility index (Phi) is 7.24. The molecule has 0 spiro atoms. The van der Waals surface area contributed by atoms with Gasteiger partial charge in [-0.1, -0.05) is 43.6 Å². The van der Waals surface area contributed by atoms with Crippen molar-refractivity contribution in [3.63, 3.8) is 0 Å². The zero-order chi connectivity index (χ0) is 12.9. The second-order valence-electron chi connectivity index (χ2n) is 5.17. The summed E-state index contributed by atoms with van der Waals surface area (Å²) < 4.78 is 0. The minimum absolute atomic E-state index is 0.0856. The second-order valence-corrected chi connectivity index (χ2v) is 6.15. The first-order chi connectivity index (χ1) is 7.27. The van der Waals surface area contributed by atoms with E-state index in [1.807, 2.05) is 27.9 Å². The summed E-state index contributed by atoms with van der Waals surface area (Å²) in [6.45, 7) is 9.11. The van der Waals surface area contributed by atoms with E-state index >= 15 is 0 Å². The Balaban J connectivity index is 4.16. The van der Waals surface area contributed by atoms with Crippen LogP contribution in [0.3, 0.4) is 0 Å². The number of hydrogen-bond donors (Lipinski definition) is 1. The van der Waals surface area contributed by atoms with Gasteiger partial charge >= 0.3 is 0 Å². The van der Waals surface area contributed by atoms with Gasteiger partial charge in [-0.25, -0.2) is 0 Å². The van der Waals surface area contributed by atoms with E-state index in [2.05, 4.69) is 40.0 Å². The van der Waals surface area contributed by atoms with Gasteiger partial charge in [0.15, 0.2) is 0 Å². The number of halogens is 1. The molecule has 0 heterocycles. The maximum atomic E-state index is 11.8. The molecule has 0 aromatic carbocycles. The number of rotatable bonds is 6. The summed E-state index contributed by atoms with van der Waals surface area (Å²) in [5.41, 5.74) is 0. The maximum absolute atomic E-state index is 11.8. The summed E-state index contributed by atoms with van der Waals surface area (Å²) in [7, 11) is 4.09. The van der Waals surface area contributed by atoms with E-state index in [1.165, 1.54) is 0 Å². The Labute approximate surface area is 108 Å². The molecule has 96 valence electrons. The van der Waals surface area contributed by atoms with E-state index in [0.29, 0.717) is 24.4 Å². The Hall–Kier alpha value is -0.0900. The lowest BCUT2D eigenvalue weighted by atomic mass is 10.0. The normalized spacial score (nSPS) is 15.6. The molecule has 0 aliphatic rings. The zero-order valence-corrected chi connectivity index (χ0v) is 12.8. The van der Waals surface area contributed by atoms with Gasteiger partial charge in [-0.05, 0) is 25.9 Å². The van der Waals surface area contributed by atoms with Crippen molar-refractivity contribution in [2.24, 2.45) is 11.8 Å². The van der Waals surface area contributed by atoms with Crippen LogP contribution in [0.2, 0.25) is 0 Å². The van der Waals surface area contributed by atoms with Crippen molar-refractivity contribution in [1.82, 2.24) is 10.2 Å². The van der Waals surface area contributed by atoms with Gasteiger partial charge in [-0.15, -0.1) is 0 Å². The lowest BCUT2D eigenvalue weighted by Crippen LogP contribution is -2.45. The third-order valence-electron chi connectivity index (χ3n) is 2.75. The molecule has 0 aromatic rings. The van der Waals surface area contributed by atoms with Crippen LogP contribution in [-0.4, -0.2) is 42.3 Å². The van der Waals surface area contributed by atoms with Crippen LogP contribution in [-0.2, 0) is 4.79 Å². The van der Waals surface area contributed by atoms with Crippen molar-refractivity contribution >= 4 is 21.8 Å². The van der Waals surface area contributed by atoms with Gasteiger partial charge in [0.25, 0.3) is 0 Å². The molecule has 2 atom stereocenters. The highest BCUT2D eigenvalue weighted by atomic mass is 79.9. The van der Waals surface area contributed by atoms with Crippen molar-refractivity contribution in [1.29, 1.82) is 0 Å². The predicted molar refractivity (Wildman–Crippen MR) is 72.9 cm³/mol. The van der Waals surface area contributed by atoms with Gasteiger partial charge in [-0.2, -0.15) is 0 Å². The fraction of sp³-hybridized carbons (Fsp3) is 0.917. The molecule has 0 aromatic heterocycles. The van der Waals surface area contributed by atoms with Crippen molar-refractivity contribution in [3.05, 3.63) is 0 Å². The van der Waals surface area contributed by atoms with Crippen molar-refractivity contribution in [2.75, 3.05) is 20.6 Å². The number of likely N-dealkylation sites (N-methyl/N-ethyl adjacent to an activating group) is 1. The Bertz CT molecular complexity index is 209. The fourth-order valence-electron chi connectivity index (χ4n) is 1.62. The summed E-state index contributed by atoms with van der Waals surface area (Å²) in [5, 5.41) is 3.00. The summed E-state index contributed by atoms with van der Waals surface area (Å²) in [6, 6.07) is 0.385. The van der Waals surface area contributed by atoms with Crippen molar-refractivity contribution < 1.29 is 4.79 Å². The van der Waals surface area contributed by atoms with Gasteiger partial charge in [-0.3, -0.25) is 4.79 Å². The molecule has 0 saturated carbocycles. The highest BCUT2D eigenvalue weighted by Gasteiger charge is 2.21. The molecule has 2 unspecified atom stereocenters. The van der Waals surface area contributed by atoms with Crippen LogP contribution < -0.4 is 5.32 Å². The quantitative estimate of drug-likeness (QED) is 0.761. The number of alkyl halides is 1. The Morgan fingerprint density at radius 2 is 1.69 bits per heavy atom. The molecule has 0 fully saturated rings. The molecule has 0 saturated heterocycles. The van der Waals surface area contributed by atoms with Crippen molar-refractivity contribution in [2.45, 2.75) is 38.6 Å². The number of nitrogens with one attached hydrogen (secondary N) is 1. The van der Waals surface area contributed by atoms with E-state index in [1.54, 1.807) is 0 Å². The number of amides is 1. The van der Waals surface area contributed by atoms with Crippen LogP contribution in [0.25, 0.3) is 0 Å². The molecule has 1 N–H and O–H groups in total. The smallest absolute Gasteiger partial charge is 0.234 e. The first-order valence-corrected chi connectivity index (χ1v) is 6.77. The molecular formula is C12H25BrN2O. The highest BCUT2D eigenvalue weighted by molar-refractivity contribution is 9.10. The Morgan fingerprint density at radius 1 is 1.19 bits per heavy atom. The van der Waals surface area contributed by atoms with Gasteiger partial charge in [0.2, 0.25) is 5.91 Å². The van der Waals surface area contributed by atoms with E-state index in [4.69, 9.17) is 0 Å². The standard InChI is InChI=1S/C12H25BrN2O/c1-8(2)10(15(5)6)7-14-12(16)11(13)9(3)4/h8-11H,7H2,1-6H3,(H,14,16). The van der Waals surface area contributed by atoms with Gasteiger partial charge in [0.1, 0.15) is 0 Å². The van der Waals surface area contributed by atoms with Crippen LogP contribution in [0.4, 0.5) is 0 Å². The van der Waals surface area contributed by atoms with E-state index in [9.17, 15) is 4.79 Å². The molecule has 4 heteroatoms. The molecule has 0 aliphatic heterocycles. The zero-order valence-electron chi connectivity index (χ0n) is 11.2. The fourth-order valence-corrected chi connectivity index (χ4v) is 1.78. The summed E-state index contributed by atoms with van der Waals surface area (Å²) >= 11 is 3.41. The second kappa shape index (κ2) is 7.28. The minimum atomic E-state index is -0.0949. The average molecular weight is 293 g/mol. The predicted octanol–water partition coefficient (Wildman–Crippen LogP) is 2.11. The van der Waals surface area contributed by atoms with Gasteiger partial charge < -0.3 is 10.2 Å². The Morgan fingerprint density at radius 3 is 2.00 bits per heavy atom. The summed E-state index contributed by atoms with van der Waals surface area (Å²) in [4.78, 5) is 13.8. The first-order valence-electron chi connectivity index (χ1n) is 5.85. The largest absolute Gasteiger partial charge is 0.354 e. The average Bonchev–Trinajstić information content (AvgIpc) is 2.15. The number of nitrogens with zero attached hydrogens (tertiary/aromatic N) is 1. The molecule has 0 bridgehead atoms. The van der Waals surface area contributed by atoms with Crippen LogP contribution in [0.1, 0.15) is 27.7 Å². The number of hydrogen-bond acceptors (Lipinski definition) is 2. The lowest BCUT2D eigenvalue weighted by Gasteiger charge is -2.28. The third kappa shape index (κ3) is 5.30. The summed E-state index contributed by atoms with van der Waals surface area (Å²) in [5.74, 6) is 0.933. The van der Waals surface area contributed by atoms with Crippen LogP contribution in [0.15, 0.2) is 0 Å². The van der Waals surface area contributed by atoms with Crippen molar-refractivity contribution in [3.8, 4) is 0 Å². The third-order valence-corrected chi connectivity index (χ3v) is 4.23. The first kappa shape index (κ1) is 15.9. The van der Waals surface area contributed by atoms with E-state index in [-0.39, 0.29) is 10.7 Å². The van der Waals surface area contributed by atoms with Gasteiger partial charge in [0.05, 0.1) is 4.83 Å². The number of carbonyl (C=O) groups is 1. The van der Waals surface area contributed by atoms with E-state index < -0.39 is 0 Å². The van der Waals surface area contributed by atoms with E-state index in [0.717, 1.165) is 0 Å². The summed E-state index contributed by atoms with van der Waals surface area (Å²) in [6.07, 6.45) is 0. The minimum Gasteiger partial charge on any atom is -0.354 e. The van der Waals surface area contributed by atoms with Crippen LogP contribution in [0, 0.1) is 11.8 Å². The molecule has 0 radical (unpaired) electrons. The lowest BCUT2D eigenvalue weighted by molar-refractivity contribution is -0.121. The van der Waals surface area contributed by atoms with Gasteiger partial charge in [0, 0.05) is 12.6 Å². The molecular weight excluding hydrogens is 268 g/mol.